The van der Waals surface area contributed by atoms with Gasteiger partial charge in [-0.1, -0.05) is 54.1 Å². The highest BCUT2D eigenvalue weighted by Gasteiger charge is 2.74. The fourth-order valence-corrected chi connectivity index (χ4v) is 5.67. The highest BCUT2D eigenvalue weighted by Crippen LogP contribution is 2.57. The molecule has 2 fully saturated rings. The number of rotatable bonds is 2. The van der Waals surface area contributed by atoms with Crippen molar-refractivity contribution in [3.05, 3.63) is 100 Å². The molecule has 0 bridgehead atoms. The molecule has 2 amide bonds. The molecule has 186 valence electrons. The Morgan fingerprint density at radius 1 is 0.811 bits per heavy atom. The molecule has 37 heavy (non-hydrogen) atoms. The second-order valence-corrected chi connectivity index (χ2v) is 9.53. The predicted molar refractivity (Wildman–Crippen MR) is 124 cm³/mol. The SMILES string of the molecule is O=C1[C@H]2[C@H](c3ccc(Cl)cc3)OC3(C(=O)c4ccccc4C3=O)[C@H]2C(=O)N1c1cccc(C(F)(F)F)c1. The molecule has 0 saturated carbocycles. The molecule has 3 aromatic carbocycles. The van der Waals surface area contributed by atoms with E-state index in [1.54, 1.807) is 24.3 Å². The smallest absolute Gasteiger partial charge is 0.349 e. The molecule has 0 N–H and O–H groups in total. The third kappa shape index (κ3) is 3.17. The normalized spacial score (nSPS) is 24.2. The van der Waals surface area contributed by atoms with Gasteiger partial charge in [-0.15, -0.1) is 0 Å². The van der Waals surface area contributed by atoms with Crippen LogP contribution in [0.4, 0.5) is 18.9 Å². The number of hydrogen-bond donors (Lipinski definition) is 0. The molecule has 3 aliphatic rings. The monoisotopic (exact) mass is 525 g/mol. The number of ether oxygens (including phenoxy) is 1. The van der Waals surface area contributed by atoms with E-state index in [-0.39, 0.29) is 16.8 Å². The Morgan fingerprint density at radius 3 is 2.03 bits per heavy atom. The van der Waals surface area contributed by atoms with E-state index in [4.69, 9.17) is 16.3 Å². The minimum atomic E-state index is -4.72. The fourth-order valence-electron chi connectivity index (χ4n) is 5.55. The quantitative estimate of drug-likeness (QED) is 0.345. The van der Waals surface area contributed by atoms with Crippen LogP contribution in [0, 0.1) is 11.8 Å². The predicted octanol–water partition coefficient (Wildman–Crippen LogP) is 5.05. The number of imide groups is 1. The van der Waals surface area contributed by atoms with Crippen molar-refractivity contribution in [1.82, 2.24) is 0 Å². The van der Waals surface area contributed by atoms with Crippen LogP contribution in [0.25, 0.3) is 0 Å². The van der Waals surface area contributed by atoms with Crippen LogP contribution in [0.2, 0.25) is 5.02 Å². The lowest BCUT2D eigenvalue weighted by Crippen LogP contribution is -2.51. The highest BCUT2D eigenvalue weighted by atomic mass is 35.5. The third-order valence-corrected chi connectivity index (χ3v) is 7.40. The van der Waals surface area contributed by atoms with Crippen LogP contribution in [0.15, 0.2) is 72.8 Å². The number of amides is 2. The molecule has 0 unspecified atom stereocenters. The number of fused-ring (bicyclic) bond motifs is 3. The average Bonchev–Trinajstić information content (AvgIpc) is 3.44. The summed E-state index contributed by atoms with van der Waals surface area (Å²) in [5.41, 5.74) is -3.17. The molecule has 3 atom stereocenters. The largest absolute Gasteiger partial charge is 0.416 e. The summed E-state index contributed by atoms with van der Waals surface area (Å²) >= 11 is 5.99. The number of halogens is 4. The maximum Gasteiger partial charge on any atom is 0.416 e. The molecule has 1 aliphatic carbocycles. The number of alkyl halides is 3. The number of nitrogens with zero attached hydrogens (tertiary/aromatic N) is 1. The number of benzene rings is 3. The summed E-state index contributed by atoms with van der Waals surface area (Å²) in [7, 11) is 0. The Balaban J connectivity index is 1.53. The lowest BCUT2D eigenvalue weighted by Gasteiger charge is -2.27. The van der Waals surface area contributed by atoms with E-state index < -0.39 is 58.7 Å². The van der Waals surface area contributed by atoms with Crippen LogP contribution in [0.3, 0.4) is 0 Å². The summed E-state index contributed by atoms with van der Waals surface area (Å²) in [6.45, 7) is 0. The van der Waals surface area contributed by atoms with Gasteiger partial charge in [0.15, 0.2) is 0 Å². The van der Waals surface area contributed by atoms with E-state index in [1.807, 2.05) is 0 Å². The van der Waals surface area contributed by atoms with Crippen LogP contribution in [-0.4, -0.2) is 29.0 Å². The minimum absolute atomic E-state index is 0.0563. The molecule has 3 aromatic rings. The molecule has 6 nitrogen and oxygen atoms in total. The first-order valence-electron chi connectivity index (χ1n) is 11.2. The van der Waals surface area contributed by atoms with Gasteiger partial charge in [-0.05, 0) is 35.9 Å². The Bertz CT molecular complexity index is 1480. The second kappa shape index (κ2) is 7.84. The molecule has 2 saturated heterocycles. The Kier molecular flexibility index (Phi) is 4.99. The summed E-state index contributed by atoms with van der Waals surface area (Å²) < 4.78 is 46.3. The molecule has 2 aliphatic heterocycles. The maximum absolute atomic E-state index is 13.8. The Hall–Kier alpha value is -3.82. The molecule has 10 heteroatoms. The van der Waals surface area contributed by atoms with Gasteiger partial charge in [-0.2, -0.15) is 13.2 Å². The highest BCUT2D eigenvalue weighted by molar-refractivity contribution is 6.37. The molecular formula is C27H15ClF3NO5. The van der Waals surface area contributed by atoms with Gasteiger partial charge in [0.2, 0.25) is 29.0 Å². The molecule has 0 aromatic heterocycles. The first-order chi connectivity index (χ1) is 17.6. The second-order valence-electron chi connectivity index (χ2n) is 9.09. The summed E-state index contributed by atoms with van der Waals surface area (Å²) in [5, 5.41) is 0.382. The van der Waals surface area contributed by atoms with Gasteiger partial charge in [-0.3, -0.25) is 19.2 Å². The standard InChI is InChI=1S/C27H15ClF3NO5/c28-15-10-8-13(9-11-15)21-19-20(26(37-21)22(33)17-6-1-2-7-18(17)23(26)34)25(36)32(24(19)35)16-5-3-4-14(12-16)27(29,30)31/h1-12,19-21H/t19-,20-,21+/m1/s1. The third-order valence-electron chi connectivity index (χ3n) is 7.15. The van der Waals surface area contributed by atoms with Crippen LogP contribution < -0.4 is 4.90 Å². The van der Waals surface area contributed by atoms with Crippen LogP contribution in [0.1, 0.15) is 37.9 Å². The first kappa shape index (κ1) is 23.6. The van der Waals surface area contributed by atoms with Gasteiger partial charge in [0.25, 0.3) is 0 Å². The summed E-state index contributed by atoms with van der Waals surface area (Å²) in [6.07, 6.45) is -5.91. The molecule has 6 rings (SSSR count). The summed E-state index contributed by atoms with van der Waals surface area (Å²) in [5.74, 6) is -6.24. The number of anilines is 1. The van der Waals surface area contributed by atoms with Gasteiger partial charge < -0.3 is 4.74 Å². The fraction of sp³-hybridized carbons (Fsp3) is 0.185. The van der Waals surface area contributed by atoms with E-state index in [2.05, 4.69) is 0 Å². The summed E-state index contributed by atoms with van der Waals surface area (Å²) in [6, 6.07) is 15.9. The number of hydrogen-bond acceptors (Lipinski definition) is 5. The van der Waals surface area contributed by atoms with Crippen molar-refractivity contribution < 1.29 is 37.1 Å². The van der Waals surface area contributed by atoms with E-state index in [0.717, 1.165) is 12.1 Å². The lowest BCUT2D eigenvalue weighted by molar-refractivity contribution is -0.137. The topological polar surface area (TPSA) is 80.8 Å². The van der Waals surface area contributed by atoms with E-state index in [9.17, 15) is 32.3 Å². The Labute approximate surface area is 212 Å². The number of carbonyl (C=O) groups is 4. The zero-order chi connectivity index (χ0) is 26.3. The number of carbonyl (C=O) groups excluding carboxylic acids is 4. The molecule has 0 radical (unpaired) electrons. The van der Waals surface area contributed by atoms with Gasteiger partial charge in [0, 0.05) is 16.1 Å². The van der Waals surface area contributed by atoms with E-state index >= 15 is 0 Å². The number of ketones is 2. The van der Waals surface area contributed by atoms with Crippen molar-refractivity contribution in [2.75, 3.05) is 4.90 Å². The molecule has 2 heterocycles. The van der Waals surface area contributed by atoms with Gasteiger partial charge in [-0.25, -0.2) is 4.90 Å². The van der Waals surface area contributed by atoms with Crippen molar-refractivity contribution in [2.24, 2.45) is 11.8 Å². The zero-order valence-electron chi connectivity index (χ0n) is 18.7. The van der Waals surface area contributed by atoms with Crippen molar-refractivity contribution in [2.45, 2.75) is 17.9 Å². The Morgan fingerprint density at radius 2 is 1.43 bits per heavy atom. The zero-order valence-corrected chi connectivity index (χ0v) is 19.4. The van der Waals surface area contributed by atoms with Gasteiger partial charge in [0.1, 0.15) is 0 Å². The van der Waals surface area contributed by atoms with Crippen molar-refractivity contribution >= 4 is 40.7 Å². The van der Waals surface area contributed by atoms with Crippen molar-refractivity contribution in [1.29, 1.82) is 0 Å². The van der Waals surface area contributed by atoms with E-state index in [0.29, 0.717) is 21.6 Å². The summed E-state index contributed by atoms with van der Waals surface area (Å²) in [4.78, 5) is 55.5. The van der Waals surface area contributed by atoms with Crippen LogP contribution in [0.5, 0.6) is 0 Å². The first-order valence-corrected chi connectivity index (χ1v) is 11.6. The number of Topliss-reactive ketones (excluding diaryl/α,β-unsaturated/α-hetero) is 2. The van der Waals surface area contributed by atoms with Crippen molar-refractivity contribution in [3.8, 4) is 0 Å². The molecule has 1 spiro atoms. The lowest BCUT2D eigenvalue weighted by atomic mass is 9.77. The van der Waals surface area contributed by atoms with Crippen LogP contribution in [-0.2, 0) is 20.5 Å². The van der Waals surface area contributed by atoms with Crippen molar-refractivity contribution in [3.63, 3.8) is 0 Å². The average molecular weight is 526 g/mol. The minimum Gasteiger partial charge on any atom is -0.349 e. The van der Waals surface area contributed by atoms with Crippen LogP contribution >= 0.6 is 11.6 Å². The van der Waals surface area contributed by atoms with Gasteiger partial charge >= 0.3 is 6.18 Å². The van der Waals surface area contributed by atoms with Gasteiger partial charge in [0.05, 0.1) is 29.2 Å². The van der Waals surface area contributed by atoms with E-state index in [1.165, 1.54) is 30.3 Å². The molecular weight excluding hydrogens is 511 g/mol. The maximum atomic E-state index is 13.8.